The molecule has 2 atom stereocenters. The third kappa shape index (κ3) is 2.73. The molecule has 0 radical (unpaired) electrons. The monoisotopic (exact) mass is 318 g/mol. The zero-order valence-electron chi connectivity index (χ0n) is 12.8. The standard InChI is InChI=1S/C17H18O6/c1-21-14-4-3-9(5-16(14)22-2)17-13(20)8-11-12(19)6-10(18)7-15(11)23-17/h3-7,13,17-20H,8H2,1-2H3/t13-,17-/m1/s1. The Morgan fingerprint density at radius 3 is 2.48 bits per heavy atom. The van der Waals surface area contributed by atoms with E-state index in [0.29, 0.717) is 28.4 Å². The van der Waals surface area contributed by atoms with Crippen LogP contribution in [-0.4, -0.2) is 35.6 Å². The lowest BCUT2D eigenvalue weighted by Gasteiger charge is -2.31. The second-order valence-electron chi connectivity index (χ2n) is 5.37. The van der Waals surface area contributed by atoms with Gasteiger partial charge in [-0.05, 0) is 17.7 Å². The molecule has 2 aromatic rings. The number of ether oxygens (including phenoxy) is 3. The number of methoxy groups -OCH3 is 2. The van der Waals surface area contributed by atoms with E-state index in [4.69, 9.17) is 14.2 Å². The van der Waals surface area contributed by atoms with Crippen molar-refractivity contribution in [2.75, 3.05) is 14.2 Å². The Labute approximate surface area is 133 Å². The topological polar surface area (TPSA) is 88.4 Å². The fraction of sp³-hybridized carbons (Fsp3) is 0.294. The Kier molecular flexibility index (Phi) is 3.92. The van der Waals surface area contributed by atoms with Crippen LogP contribution in [0.2, 0.25) is 0 Å². The largest absolute Gasteiger partial charge is 0.508 e. The zero-order valence-corrected chi connectivity index (χ0v) is 12.8. The van der Waals surface area contributed by atoms with Crippen LogP contribution in [0.5, 0.6) is 28.7 Å². The molecule has 23 heavy (non-hydrogen) atoms. The van der Waals surface area contributed by atoms with Crippen LogP contribution in [0.4, 0.5) is 0 Å². The van der Waals surface area contributed by atoms with E-state index in [9.17, 15) is 15.3 Å². The van der Waals surface area contributed by atoms with Crippen molar-refractivity contribution < 1.29 is 29.5 Å². The summed E-state index contributed by atoms with van der Waals surface area (Å²) in [6.45, 7) is 0. The van der Waals surface area contributed by atoms with Crippen molar-refractivity contribution in [3.8, 4) is 28.7 Å². The van der Waals surface area contributed by atoms with Crippen molar-refractivity contribution in [1.29, 1.82) is 0 Å². The number of aliphatic hydroxyl groups excluding tert-OH is 1. The van der Waals surface area contributed by atoms with Crippen LogP contribution in [0.1, 0.15) is 17.2 Å². The number of aromatic hydroxyl groups is 2. The van der Waals surface area contributed by atoms with E-state index >= 15 is 0 Å². The highest BCUT2D eigenvalue weighted by Crippen LogP contribution is 2.42. The molecular weight excluding hydrogens is 300 g/mol. The van der Waals surface area contributed by atoms with Gasteiger partial charge in [-0.2, -0.15) is 0 Å². The number of hydrogen-bond acceptors (Lipinski definition) is 6. The summed E-state index contributed by atoms with van der Waals surface area (Å²) in [6.07, 6.45) is -1.25. The predicted octanol–water partition coefficient (Wildman–Crippen LogP) is 2.15. The van der Waals surface area contributed by atoms with Crippen LogP contribution in [-0.2, 0) is 6.42 Å². The van der Waals surface area contributed by atoms with Gasteiger partial charge in [0.2, 0.25) is 0 Å². The molecule has 0 amide bonds. The minimum absolute atomic E-state index is 0.0928. The lowest BCUT2D eigenvalue weighted by molar-refractivity contribution is 0.0197. The normalized spacial score (nSPS) is 19.6. The van der Waals surface area contributed by atoms with Crippen molar-refractivity contribution in [2.45, 2.75) is 18.6 Å². The molecule has 0 bridgehead atoms. The molecule has 0 aliphatic carbocycles. The van der Waals surface area contributed by atoms with Gasteiger partial charge in [-0.3, -0.25) is 0 Å². The third-order valence-electron chi connectivity index (χ3n) is 3.92. The van der Waals surface area contributed by atoms with Crippen LogP contribution >= 0.6 is 0 Å². The maximum Gasteiger partial charge on any atom is 0.161 e. The zero-order chi connectivity index (χ0) is 16.6. The molecule has 0 aromatic heterocycles. The summed E-state index contributed by atoms with van der Waals surface area (Å²) in [6, 6.07) is 7.91. The fourth-order valence-electron chi connectivity index (χ4n) is 2.78. The third-order valence-corrected chi connectivity index (χ3v) is 3.92. The van der Waals surface area contributed by atoms with Crippen LogP contribution in [0.15, 0.2) is 30.3 Å². The molecule has 6 nitrogen and oxygen atoms in total. The molecule has 122 valence electrons. The summed E-state index contributed by atoms with van der Waals surface area (Å²) in [5, 5.41) is 29.9. The molecule has 2 aromatic carbocycles. The maximum atomic E-state index is 10.4. The number of phenolic OH excluding ortho intramolecular Hbond substituents is 2. The number of phenols is 2. The molecule has 1 heterocycles. The van der Waals surface area contributed by atoms with E-state index < -0.39 is 12.2 Å². The number of rotatable bonds is 3. The average molecular weight is 318 g/mol. The van der Waals surface area contributed by atoms with Crippen LogP contribution < -0.4 is 14.2 Å². The quantitative estimate of drug-likeness (QED) is 0.804. The Balaban J connectivity index is 1.98. The van der Waals surface area contributed by atoms with E-state index in [1.165, 1.54) is 19.2 Å². The van der Waals surface area contributed by atoms with Gasteiger partial charge in [-0.1, -0.05) is 6.07 Å². The summed E-state index contributed by atoms with van der Waals surface area (Å²) in [5.41, 5.74) is 1.19. The highest BCUT2D eigenvalue weighted by Gasteiger charge is 2.32. The Bertz CT molecular complexity index is 727. The summed E-state index contributed by atoms with van der Waals surface area (Å²) in [7, 11) is 3.08. The summed E-state index contributed by atoms with van der Waals surface area (Å²) < 4.78 is 16.3. The number of benzene rings is 2. The lowest BCUT2D eigenvalue weighted by atomic mass is 9.94. The highest BCUT2D eigenvalue weighted by atomic mass is 16.5. The molecule has 1 aliphatic heterocycles. The van der Waals surface area contributed by atoms with E-state index in [2.05, 4.69) is 0 Å². The molecular formula is C17H18O6. The average Bonchev–Trinajstić information content (AvgIpc) is 2.54. The minimum atomic E-state index is -0.837. The molecule has 0 fully saturated rings. The highest BCUT2D eigenvalue weighted by molar-refractivity contribution is 5.52. The SMILES string of the molecule is COc1ccc([C@H]2Oc3cc(O)cc(O)c3C[C@H]2O)cc1OC. The summed E-state index contributed by atoms with van der Waals surface area (Å²) >= 11 is 0. The van der Waals surface area contributed by atoms with E-state index in [-0.39, 0.29) is 17.9 Å². The predicted molar refractivity (Wildman–Crippen MR) is 82.4 cm³/mol. The first-order valence-electron chi connectivity index (χ1n) is 7.15. The van der Waals surface area contributed by atoms with Gasteiger partial charge in [-0.15, -0.1) is 0 Å². The second kappa shape index (κ2) is 5.89. The van der Waals surface area contributed by atoms with Crippen molar-refractivity contribution in [1.82, 2.24) is 0 Å². The van der Waals surface area contributed by atoms with Gasteiger partial charge in [0.1, 0.15) is 23.4 Å². The first-order valence-corrected chi connectivity index (χ1v) is 7.15. The van der Waals surface area contributed by atoms with Crippen molar-refractivity contribution in [3.63, 3.8) is 0 Å². The summed E-state index contributed by atoms with van der Waals surface area (Å²) in [5.74, 6) is 1.28. The van der Waals surface area contributed by atoms with Gasteiger partial charge < -0.3 is 29.5 Å². The van der Waals surface area contributed by atoms with Crippen LogP contribution in [0.25, 0.3) is 0 Å². The minimum Gasteiger partial charge on any atom is -0.508 e. The fourth-order valence-corrected chi connectivity index (χ4v) is 2.78. The summed E-state index contributed by atoms with van der Waals surface area (Å²) in [4.78, 5) is 0. The molecule has 0 spiro atoms. The van der Waals surface area contributed by atoms with Crippen molar-refractivity contribution in [2.24, 2.45) is 0 Å². The molecule has 1 aliphatic rings. The molecule has 0 saturated heterocycles. The van der Waals surface area contributed by atoms with Crippen LogP contribution in [0.3, 0.4) is 0 Å². The number of aliphatic hydroxyl groups is 1. The van der Waals surface area contributed by atoms with Gasteiger partial charge in [0.05, 0.1) is 20.3 Å². The number of fused-ring (bicyclic) bond motifs is 1. The van der Waals surface area contributed by atoms with E-state index in [0.717, 1.165) is 0 Å². The Morgan fingerprint density at radius 2 is 1.78 bits per heavy atom. The maximum absolute atomic E-state index is 10.4. The molecule has 0 unspecified atom stereocenters. The smallest absolute Gasteiger partial charge is 0.161 e. The van der Waals surface area contributed by atoms with E-state index in [1.54, 1.807) is 25.3 Å². The molecule has 3 N–H and O–H groups in total. The second-order valence-corrected chi connectivity index (χ2v) is 5.37. The number of hydrogen-bond donors (Lipinski definition) is 3. The lowest BCUT2D eigenvalue weighted by Crippen LogP contribution is -2.30. The molecule has 3 rings (SSSR count). The van der Waals surface area contributed by atoms with Gasteiger partial charge in [-0.25, -0.2) is 0 Å². The molecule has 6 heteroatoms. The van der Waals surface area contributed by atoms with Crippen LogP contribution in [0, 0.1) is 0 Å². The van der Waals surface area contributed by atoms with Crippen molar-refractivity contribution >= 4 is 0 Å². The van der Waals surface area contributed by atoms with Gasteiger partial charge >= 0.3 is 0 Å². The van der Waals surface area contributed by atoms with E-state index in [1.807, 2.05) is 0 Å². The Hall–Kier alpha value is -2.60. The Morgan fingerprint density at radius 1 is 1.04 bits per heavy atom. The van der Waals surface area contributed by atoms with Gasteiger partial charge in [0, 0.05) is 24.1 Å². The first kappa shape index (κ1) is 15.3. The first-order chi connectivity index (χ1) is 11.0. The van der Waals surface area contributed by atoms with Gasteiger partial charge in [0.25, 0.3) is 0 Å². The van der Waals surface area contributed by atoms with Crippen molar-refractivity contribution in [3.05, 3.63) is 41.5 Å². The molecule has 0 saturated carbocycles. The van der Waals surface area contributed by atoms with Gasteiger partial charge in [0.15, 0.2) is 11.5 Å².